The summed E-state index contributed by atoms with van der Waals surface area (Å²) >= 11 is 0. The molecular formula is C8H12N2O3. The van der Waals surface area contributed by atoms with E-state index in [0.717, 1.165) is 4.57 Å². The smallest absolute Gasteiger partial charge is 0.330 e. The molecule has 1 aromatic rings. The van der Waals surface area contributed by atoms with Crippen LogP contribution in [0.3, 0.4) is 0 Å². The van der Waals surface area contributed by atoms with Crippen molar-refractivity contribution in [3.05, 3.63) is 32.6 Å². The maximum atomic E-state index is 11.3. The first-order chi connectivity index (χ1) is 6.07. The number of nitrogens with zero attached hydrogens (tertiary/aromatic N) is 2. The number of hydrogen-bond acceptors (Lipinski definition) is 3. The van der Waals surface area contributed by atoms with E-state index < -0.39 is 5.69 Å². The Bertz CT molecular complexity index is 416. The van der Waals surface area contributed by atoms with Gasteiger partial charge in [-0.3, -0.25) is 13.9 Å². The van der Waals surface area contributed by atoms with Crippen molar-refractivity contribution in [1.29, 1.82) is 0 Å². The van der Waals surface area contributed by atoms with Gasteiger partial charge >= 0.3 is 5.69 Å². The van der Waals surface area contributed by atoms with Crippen LogP contribution in [0.25, 0.3) is 0 Å². The van der Waals surface area contributed by atoms with Crippen molar-refractivity contribution < 1.29 is 5.11 Å². The van der Waals surface area contributed by atoms with Crippen LogP contribution in [-0.4, -0.2) is 20.8 Å². The zero-order valence-corrected chi connectivity index (χ0v) is 7.65. The molecule has 0 aliphatic carbocycles. The number of hydrogen-bond donors (Lipinski definition) is 1. The van der Waals surface area contributed by atoms with Crippen molar-refractivity contribution in [2.45, 2.75) is 13.5 Å². The van der Waals surface area contributed by atoms with Gasteiger partial charge in [0.15, 0.2) is 0 Å². The lowest BCUT2D eigenvalue weighted by atomic mass is 10.4. The van der Waals surface area contributed by atoms with Gasteiger partial charge in [0, 0.05) is 18.8 Å². The molecular weight excluding hydrogens is 172 g/mol. The molecule has 72 valence electrons. The van der Waals surface area contributed by atoms with Crippen LogP contribution in [0.4, 0.5) is 0 Å². The van der Waals surface area contributed by atoms with Crippen molar-refractivity contribution in [2.24, 2.45) is 7.05 Å². The highest BCUT2D eigenvalue weighted by atomic mass is 16.3. The molecule has 0 saturated carbocycles. The van der Waals surface area contributed by atoms with Crippen LogP contribution in [0.5, 0.6) is 0 Å². The van der Waals surface area contributed by atoms with E-state index in [-0.39, 0.29) is 18.7 Å². The third-order valence-corrected chi connectivity index (χ3v) is 1.86. The fourth-order valence-electron chi connectivity index (χ4n) is 1.16. The topological polar surface area (TPSA) is 64.2 Å². The summed E-state index contributed by atoms with van der Waals surface area (Å²) < 4.78 is 2.35. The third kappa shape index (κ3) is 1.70. The van der Waals surface area contributed by atoms with Crippen molar-refractivity contribution in [3.8, 4) is 0 Å². The van der Waals surface area contributed by atoms with Gasteiger partial charge in [0.1, 0.15) is 0 Å². The van der Waals surface area contributed by atoms with Crippen LogP contribution in [0.2, 0.25) is 0 Å². The Morgan fingerprint density at radius 2 is 2.08 bits per heavy atom. The van der Waals surface area contributed by atoms with Gasteiger partial charge in [-0.2, -0.15) is 0 Å². The first-order valence-electron chi connectivity index (χ1n) is 3.96. The minimum atomic E-state index is -0.398. The van der Waals surface area contributed by atoms with E-state index >= 15 is 0 Å². The molecule has 0 aliphatic rings. The summed E-state index contributed by atoms with van der Waals surface area (Å²) in [5, 5.41) is 8.65. The molecule has 0 atom stereocenters. The number of aliphatic hydroxyl groups excluding tert-OH is 1. The SMILES string of the molecule is Cc1cn(CCO)c(=O)n(C)c1=O. The lowest BCUT2D eigenvalue weighted by molar-refractivity contribution is 0.272. The molecule has 1 N–H and O–H groups in total. The minimum Gasteiger partial charge on any atom is -0.395 e. The van der Waals surface area contributed by atoms with E-state index in [1.165, 1.54) is 17.8 Å². The van der Waals surface area contributed by atoms with Gasteiger partial charge in [0.2, 0.25) is 0 Å². The molecule has 0 aromatic carbocycles. The molecule has 1 heterocycles. The van der Waals surface area contributed by atoms with Crippen LogP contribution >= 0.6 is 0 Å². The van der Waals surface area contributed by atoms with E-state index in [9.17, 15) is 9.59 Å². The second-order valence-electron chi connectivity index (χ2n) is 2.88. The Labute approximate surface area is 74.9 Å². The molecule has 1 aromatic heterocycles. The summed E-state index contributed by atoms with van der Waals surface area (Å²) in [6, 6.07) is 0. The van der Waals surface area contributed by atoms with Gasteiger partial charge in [-0.05, 0) is 6.92 Å². The van der Waals surface area contributed by atoms with Crippen LogP contribution < -0.4 is 11.2 Å². The molecule has 0 aliphatic heterocycles. The van der Waals surface area contributed by atoms with Gasteiger partial charge < -0.3 is 5.11 Å². The van der Waals surface area contributed by atoms with Crippen molar-refractivity contribution in [1.82, 2.24) is 9.13 Å². The fraction of sp³-hybridized carbons (Fsp3) is 0.500. The summed E-state index contributed by atoms with van der Waals surface area (Å²) in [5.74, 6) is 0. The monoisotopic (exact) mass is 184 g/mol. The predicted molar refractivity (Wildman–Crippen MR) is 47.8 cm³/mol. The van der Waals surface area contributed by atoms with E-state index in [2.05, 4.69) is 0 Å². The summed E-state index contributed by atoms with van der Waals surface area (Å²) in [7, 11) is 1.42. The van der Waals surface area contributed by atoms with Crippen LogP contribution in [-0.2, 0) is 13.6 Å². The third-order valence-electron chi connectivity index (χ3n) is 1.86. The minimum absolute atomic E-state index is 0.114. The highest BCUT2D eigenvalue weighted by molar-refractivity contribution is 5.02. The van der Waals surface area contributed by atoms with Gasteiger partial charge in [-0.1, -0.05) is 0 Å². The summed E-state index contributed by atoms with van der Waals surface area (Å²) in [4.78, 5) is 22.6. The zero-order chi connectivity index (χ0) is 10.0. The van der Waals surface area contributed by atoms with E-state index in [1.807, 2.05) is 0 Å². The van der Waals surface area contributed by atoms with Gasteiger partial charge in [-0.25, -0.2) is 4.79 Å². The van der Waals surface area contributed by atoms with Crippen molar-refractivity contribution in [2.75, 3.05) is 6.61 Å². The van der Waals surface area contributed by atoms with E-state index in [1.54, 1.807) is 6.92 Å². The average Bonchev–Trinajstić information content (AvgIpc) is 2.11. The number of aryl methyl sites for hydroxylation is 1. The zero-order valence-electron chi connectivity index (χ0n) is 7.65. The number of aliphatic hydroxyl groups is 1. The largest absolute Gasteiger partial charge is 0.395 e. The van der Waals surface area contributed by atoms with Crippen molar-refractivity contribution in [3.63, 3.8) is 0 Å². The predicted octanol–water partition coefficient (Wildman–Crippen LogP) is -1.15. The highest BCUT2D eigenvalue weighted by Crippen LogP contribution is 1.84. The van der Waals surface area contributed by atoms with E-state index in [4.69, 9.17) is 5.11 Å². The highest BCUT2D eigenvalue weighted by Gasteiger charge is 2.03. The normalized spacial score (nSPS) is 10.4. The quantitative estimate of drug-likeness (QED) is 0.631. The standard InChI is InChI=1S/C8H12N2O3/c1-6-5-10(3-4-11)8(13)9(2)7(6)12/h5,11H,3-4H2,1-2H3. The molecule has 1 rings (SSSR count). The average molecular weight is 184 g/mol. The maximum absolute atomic E-state index is 11.3. The number of rotatable bonds is 2. The maximum Gasteiger partial charge on any atom is 0.330 e. The lowest BCUT2D eigenvalue weighted by Crippen LogP contribution is -2.39. The van der Waals surface area contributed by atoms with E-state index in [0.29, 0.717) is 5.56 Å². The Balaban J connectivity index is 3.42. The summed E-state index contributed by atoms with van der Waals surface area (Å²) in [6.07, 6.45) is 1.46. The fourth-order valence-corrected chi connectivity index (χ4v) is 1.16. The Morgan fingerprint density at radius 1 is 1.46 bits per heavy atom. The molecule has 0 saturated heterocycles. The molecule has 5 heteroatoms. The van der Waals surface area contributed by atoms with Crippen LogP contribution in [0.15, 0.2) is 15.8 Å². The molecule has 0 spiro atoms. The molecule has 0 bridgehead atoms. The van der Waals surface area contributed by atoms with Crippen LogP contribution in [0.1, 0.15) is 5.56 Å². The second kappa shape index (κ2) is 3.57. The lowest BCUT2D eigenvalue weighted by Gasteiger charge is -2.06. The number of aromatic nitrogens is 2. The Kier molecular flexibility index (Phi) is 2.67. The van der Waals surface area contributed by atoms with Gasteiger partial charge in [0.05, 0.1) is 13.2 Å². The molecule has 5 nitrogen and oxygen atoms in total. The summed E-state index contributed by atoms with van der Waals surface area (Å²) in [6.45, 7) is 1.74. The molecule has 0 amide bonds. The molecule has 0 unspecified atom stereocenters. The first-order valence-corrected chi connectivity index (χ1v) is 3.96. The van der Waals surface area contributed by atoms with Crippen LogP contribution in [0, 0.1) is 6.92 Å². The summed E-state index contributed by atoms with van der Waals surface area (Å²) in [5.41, 5.74) is -0.195. The van der Waals surface area contributed by atoms with Gasteiger partial charge in [-0.15, -0.1) is 0 Å². The second-order valence-corrected chi connectivity index (χ2v) is 2.88. The molecule has 0 radical (unpaired) electrons. The Morgan fingerprint density at radius 3 is 2.62 bits per heavy atom. The van der Waals surface area contributed by atoms with Gasteiger partial charge in [0.25, 0.3) is 5.56 Å². The first kappa shape index (κ1) is 9.73. The van der Waals surface area contributed by atoms with Crippen molar-refractivity contribution >= 4 is 0 Å². The molecule has 13 heavy (non-hydrogen) atoms. The Hall–Kier alpha value is -1.36. The molecule has 0 fully saturated rings.